The van der Waals surface area contributed by atoms with Crippen LogP contribution in [0.3, 0.4) is 0 Å². The van der Waals surface area contributed by atoms with Crippen molar-refractivity contribution in [2.24, 2.45) is 0 Å². The molecule has 0 bridgehead atoms. The van der Waals surface area contributed by atoms with Crippen LogP contribution in [0.5, 0.6) is 11.5 Å². The molecule has 18 rings (SSSR count). The molecule has 0 aromatic heterocycles. The second kappa shape index (κ2) is 19.7. The molecule has 404 valence electrons. The lowest BCUT2D eigenvalue weighted by Crippen LogP contribution is -2.66. The number of hydrogen-bond acceptors (Lipinski definition) is 6. The second-order valence-electron chi connectivity index (χ2n) is 23.1. The second-order valence-corrected chi connectivity index (χ2v) is 23.1. The summed E-state index contributed by atoms with van der Waals surface area (Å²) in [7, 11) is 0. The van der Waals surface area contributed by atoms with E-state index < -0.39 is 0 Å². The Bertz CT molecular complexity index is 4790. The molecule has 13 aromatic rings. The van der Waals surface area contributed by atoms with E-state index in [9.17, 15) is 0 Å². The molecule has 0 amide bonds. The fourth-order valence-electron chi connectivity index (χ4n) is 15.0. The lowest BCUT2D eigenvalue weighted by molar-refractivity contribution is 0.491. The minimum atomic E-state index is -0.206. The highest BCUT2D eigenvalue weighted by Gasteiger charge is 2.50. The summed E-state index contributed by atoms with van der Waals surface area (Å²) in [5.41, 5.74) is 27.4. The van der Waals surface area contributed by atoms with E-state index in [0.717, 1.165) is 108 Å². The van der Waals surface area contributed by atoms with Crippen LogP contribution >= 0.6 is 0 Å². The first-order valence-corrected chi connectivity index (χ1v) is 30.1. The van der Waals surface area contributed by atoms with Gasteiger partial charge in [-0.05, 0) is 159 Å². The van der Waals surface area contributed by atoms with Crippen LogP contribution in [-0.4, -0.2) is 20.1 Å². The average Bonchev–Trinajstić information content (AvgIpc) is 0.805. The largest absolute Gasteiger partial charge is 0.459 e. The molecular weight excluding hydrogens is 1060 g/mol. The Morgan fingerprint density at radius 2 is 0.586 bits per heavy atom. The van der Waals surface area contributed by atoms with Gasteiger partial charge >= 0.3 is 0 Å². The highest BCUT2D eigenvalue weighted by Crippen LogP contribution is 2.51. The number of ether oxygens (including phenoxy) is 1. The molecule has 0 unspecified atom stereocenters. The Morgan fingerprint density at radius 3 is 1.07 bits per heavy atom. The van der Waals surface area contributed by atoms with E-state index in [1.807, 2.05) is 0 Å². The van der Waals surface area contributed by atoms with Gasteiger partial charge < -0.3 is 29.2 Å². The quantitative estimate of drug-likeness (QED) is 0.141. The summed E-state index contributed by atoms with van der Waals surface area (Å²) in [5.74, 6) is 1.78. The molecule has 0 atom stereocenters. The predicted octanol–water partition coefficient (Wildman–Crippen LogP) is 13.9. The van der Waals surface area contributed by atoms with Crippen molar-refractivity contribution in [3.05, 3.63) is 315 Å². The summed E-state index contributed by atoms with van der Waals surface area (Å²) in [5, 5.41) is 0. The maximum absolute atomic E-state index is 7.70. The zero-order chi connectivity index (χ0) is 57.1. The number of para-hydroxylation sites is 9. The Balaban J connectivity index is 0.966. The van der Waals surface area contributed by atoms with E-state index >= 15 is 0 Å². The molecule has 0 N–H and O–H groups in total. The highest BCUT2D eigenvalue weighted by atomic mass is 16.5. The standard InChI is InChI=1S/C78H52B3N5O/c1-8-28-53(29-9-1)79-61-42-22-25-45-66(61)84(57-36-16-5-17-37-57)72-52-73-77-78(76(72)79)87-74-47-27-24-44-63(74)81(77)65-50-64-68(51-69(65)86(73)59-40-20-7-21-41-59)85(58-38-18-6-19-39-58)71-49-60(82(54-30-10-2-11-31-54)55-32-12-3-13-33-55)48-70-75(71)80(64)62-43-23-26-46-67(62)83(70)56-34-14-4-15-35-56/h1-52H. The van der Waals surface area contributed by atoms with E-state index in [1.54, 1.807) is 0 Å². The first-order valence-electron chi connectivity index (χ1n) is 30.1. The van der Waals surface area contributed by atoms with Crippen molar-refractivity contribution in [1.82, 2.24) is 0 Å². The Labute approximate surface area is 507 Å². The lowest BCUT2D eigenvalue weighted by Gasteiger charge is -2.47. The molecule has 0 fully saturated rings. The van der Waals surface area contributed by atoms with Crippen LogP contribution < -0.4 is 78.4 Å². The summed E-state index contributed by atoms with van der Waals surface area (Å²) < 4.78 is 7.70. The van der Waals surface area contributed by atoms with Crippen LogP contribution in [0.2, 0.25) is 0 Å². The summed E-state index contributed by atoms with van der Waals surface area (Å²) in [6.07, 6.45) is 0. The number of hydrogen-bond donors (Lipinski definition) is 0. The third-order valence-corrected chi connectivity index (χ3v) is 18.4. The van der Waals surface area contributed by atoms with Crippen molar-refractivity contribution in [3.8, 4) is 11.5 Å². The van der Waals surface area contributed by atoms with Crippen LogP contribution in [-0.2, 0) is 0 Å². The molecule has 0 aliphatic carbocycles. The summed E-state index contributed by atoms with van der Waals surface area (Å²) >= 11 is 0. The molecule has 0 radical (unpaired) electrons. The van der Waals surface area contributed by atoms with Gasteiger partial charge in [-0.25, -0.2) is 0 Å². The van der Waals surface area contributed by atoms with Crippen LogP contribution in [0.4, 0.5) is 85.3 Å². The summed E-state index contributed by atoms with van der Waals surface area (Å²) in [4.78, 5) is 12.5. The van der Waals surface area contributed by atoms with Gasteiger partial charge in [-0.1, -0.05) is 206 Å². The fraction of sp³-hybridized carbons (Fsp3) is 0. The van der Waals surface area contributed by atoms with Crippen molar-refractivity contribution in [3.63, 3.8) is 0 Å². The van der Waals surface area contributed by atoms with Crippen LogP contribution in [0.15, 0.2) is 315 Å². The third kappa shape index (κ3) is 7.52. The number of nitrogens with zero attached hydrogens (tertiary/aromatic N) is 5. The van der Waals surface area contributed by atoms with Gasteiger partial charge in [0, 0.05) is 79.6 Å². The smallest absolute Gasteiger partial charge is 0.256 e. The maximum Gasteiger partial charge on any atom is 0.256 e. The molecule has 0 saturated carbocycles. The van der Waals surface area contributed by atoms with E-state index in [4.69, 9.17) is 4.74 Å². The van der Waals surface area contributed by atoms with E-state index in [1.165, 1.54) is 38.2 Å². The SMILES string of the molecule is c1ccc(B2c3ccccc3N(c3ccccc3)c3cc4c5c(c32)Oc2ccccc2B5c2cc3c(cc2N4c2ccccc2)N(c2ccccc2)c2cc(N(c4ccccc4)c4ccccc4)cc4c2B3c2ccccc2N4c2ccccc2)cc1. The highest BCUT2D eigenvalue weighted by molar-refractivity contribution is 7.04. The van der Waals surface area contributed by atoms with Crippen LogP contribution in [0.25, 0.3) is 0 Å². The summed E-state index contributed by atoms with van der Waals surface area (Å²) in [6.45, 7) is -0.503. The average molecular weight is 1110 g/mol. The minimum absolute atomic E-state index is 0.135. The molecule has 9 heteroatoms. The van der Waals surface area contributed by atoms with Gasteiger partial charge in [-0.2, -0.15) is 0 Å². The van der Waals surface area contributed by atoms with E-state index in [-0.39, 0.29) is 20.1 Å². The van der Waals surface area contributed by atoms with Gasteiger partial charge in [0.1, 0.15) is 11.5 Å². The molecule has 87 heavy (non-hydrogen) atoms. The molecule has 0 saturated heterocycles. The first-order chi connectivity index (χ1) is 43.2. The number of anilines is 15. The number of benzene rings is 13. The monoisotopic (exact) mass is 1110 g/mol. The lowest BCUT2D eigenvalue weighted by atomic mass is 9.29. The molecule has 5 aliphatic rings. The molecule has 13 aromatic carbocycles. The van der Waals surface area contributed by atoms with Crippen molar-refractivity contribution in [2.45, 2.75) is 0 Å². The normalized spacial score (nSPS) is 13.4. The number of rotatable bonds is 8. The first kappa shape index (κ1) is 49.3. The zero-order valence-electron chi connectivity index (χ0n) is 47.4. The molecular formula is C78H52B3N5O. The topological polar surface area (TPSA) is 25.4 Å². The van der Waals surface area contributed by atoms with E-state index in [0.29, 0.717) is 0 Å². The molecule has 5 aliphatic heterocycles. The molecule has 0 spiro atoms. The van der Waals surface area contributed by atoms with Gasteiger partial charge in [0.25, 0.3) is 20.1 Å². The van der Waals surface area contributed by atoms with Gasteiger partial charge in [0.05, 0.1) is 5.69 Å². The maximum atomic E-state index is 7.70. The minimum Gasteiger partial charge on any atom is -0.459 e. The fourth-order valence-corrected chi connectivity index (χ4v) is 15.0. The van der Waals surface area contributed by atoms with Crippen molar-refractivity contribution in [2.75, 3.05) is 24.5 Å². The Morgan fingerprint density at radius 1 is 0.241 bits per heavy atom. The summed E-state index contributed by atoms with van der Waals surface area (Å²) in [6, 6.07) is 116. The predicted molar refractivity (Wildman–Crippen MR) is 367 cm³/mol. The Hall–Kier alpha value is -11.1. The number of fused-ring (bicyclic) bond motifs is 11. The van der Waals surface area contributed by atoms with Crippen LogP contribution in [0, 0.1) is 0 Å². The third-order valence-electron chi connectivity index (χ3n) is 18.4. The van der Waals surface area contributed by atoms with Crippen molar-refractivity contribution in [1.29, 1.82) is 0 Å². The van der Waals surface area contributed by atoms with Gasteiger partial charge in [0.15, 0.2) is 0 Å². The van der Waals surface area contributed by atoms with Gasteiger partial charge in [-0.3, -0.25) is 0 Å². The Kier molecular flexibility index (Phi) is 11.2. The van der Waals surface area contributed by atoms with Crippen molar-refractivity contribution >= 4 is 155 Å². The van der Waals surface area contributed by atoms with Crippen molar-refractivity contribution < 1.29 is 4.74 Å². The van der Waals surface area contributed by atoms with Gasteiger partial charge in [-0.15, -0.1) is 0 Å². The molecule has 6 nitrogen and oxygen atoms in total. The van der Waals surface area contributed by atoms with Gasteiger partial charge in [0.2, 0.25) is 0 Å². The van der Waals surface area contributed by atoms with Crippen LogP contribution in [0.1, 0.15) is 0 Å². The molecule has 5 heterocycles. The zero-order valence-corrected chi connectivity index (χ0v) is 47.4. The van der Waals surface area contributed by atoms with E-state index in [2.05, 4.69) is 340 Å².